The lowest BCUT2D eigenvalue weighted by atomic mass is 10.1. The van der Waals surface area contributed by atoms with Crippen LogP contribution < -0.4 is 16.2 Å². The summed E-state index contributed by atoms with van der Waals surface area (Å²) in [6, 6.07) is 8.38. The van der Waals surface area contributed by atoms with Crippen LogP contribution >= 0.6 is 0 Å². The lowest BCUT2D eigenvalue weighted by molar-refractivity contribution is -0.128. The first kappa shape index (κ1) is 13.4. The van der Waals surface area contributed by atoms with Crippen molar-refractivity contribution >= 4 is 17.6 Å². The van der Waals surface area contributed by atoms with Crippen LogP contribution in [0.1, 0.15) is 19.3 Å². The second-order valence-electron chi connectivity index (χ2n) is 4.54. The maximum atomic E-state index is 11.7. The zero-order valence-electron chi connectivity index (χ0n) is 10.4. The van der Waals surface area contributed by atoms with Crippen molar-refractivity contribution in [3.05, 3.63) is 30.3 Å². The van der Waals surface area contributed by atoms with Gasteiger partial charge in [-0.05, 0) is 31.4 Å². The van der Waals surface area contributed by atoms with Crippen molar-refractivity contribution in [2.75, 3.05) is 5.32 Å². The maximum absolute atomic E-state index is 11.7. The number of amides is 3. The Balaban J connectivity index is 1.76. The lowest BCUT2D eigenvalue weighted by Gasteiger charge is -2.15. The van der Waals surface area contributed by atoms with Crippen molar-refractivity contribution in [1.29, 1.82) is 0 Å². The summed E-state index contributed by atoms with van der Waals surface area (Å²) in [6.07, 6.45) is 1.50. The van der Waals surface area contributed by atoms with Crippen LogP contribution in [0, 0.1) is 5.92 Å². The predicted octanol–water partition coefficient (Wildman–Crippen LogP) is 1.00. The SMILES string of the molecule is O=C(NNC(=O)C1CCCC1O)Nc1ccccc1. The van der Waals surface area contributed by atoms with Gasteiger partial charge in [-0.15, -0.1) is 0 Å². The molecule has 3 amide bonds. The number of aliphatic hydroxyl groups excluding tert-OH is 1. The Bertz CT molecular complexity index is 450. The third-order valence-corrected chi connectivity index (χ3v) is 3.15. The van der Waals surface area contributed by atoms with Gasteiger partial charge in [-0.2, -0.15) is 0 Å². The molecule has 0 spiro atoms. The Morgan fingerprint density at radius 3 is 2.47 bits per heavy atom. The van der Waals surface area contributed by atoms with E-state index in [1.165, 1.54) is 0 Å². The van der Waals surface area contributed by atoms with Gasteiger partial charge in [0.15, 0.2) is 0 Å². The summed E-state index contributed by atoms with van der Waals surface area (Å²) in [5.74, 6) is -0.787. The second-order valence-corrected chi connectivity index (χ2v) is 4.54. The Morgan fingerprint density at radius 1 is 1.11 bits per heavy atom. The van der Waals surface area contributed by atoms with Crippen LogP contribution in [0.25, 0.3) is 0 Å². The van der Waals surface area contributed by atoms with Gasteiger partial charge in [0.1, 0.15) is 0 Å². The molecule has 1 fully saturated rings. The Morgan fingerprint density at radius 2 is 1.84 bits per heavy atom. The van der Waals surface area contributed by atoms with Crippen LogP contribution in [0.5, 0.6) is 0 Å². The van der Waals surface area contributed by atoms with Crippen LogP contribution in [0.15, 0.2) is 30.3 Å². The van der Waals surface area contributed by atoms with Gasteiger partial charge >= 0.3 is 6.03 Å². The fourth-order valence-electron chi connectivity index (χ4n) is 2.14. The molecule has 0 heterocycles. The van der Waals surface area contributed by atoms with Gasteiger partial charge in [0.25, 0.3) is 0 Å². The van der Waals surface area contributed by atoms with Gasteiger partial charge in [-0.25, -0.2) is 10.2 Å². The minimum Gasteiger partial charge on any atom is -0.392 e. The maximum Gasteiger partial charge on any atom is 0.337 e. The van der Waals surface area contributed by atoms with E-state index >= 15 is 0 Å². The third-order valence-electron chi connectivity index (χ3n) is 3.15. The number of hydrogen-bond donors (Lipinski definition) is 4. The van der Waals surface area contributed by atoms with E-state index < -0.39 is 18.1 Å². The van der Waals surface area contributed by atoms with E-state index in [1.807, 2.05) is 6.07 Å². The quantitative estimate of drug-likeness (QED) is 0.600. The summed E-state index contributed by atoms with van der Waals surface area (Å²) in [7, 11) is 0. The molecule has 2 rings (SSSR count). The van der Waals surface area contributed by atoms with Crippen molar-refractivity contribution in [2.45, 2.75) is 25.4 Å². The summed E-state index contributed by atoms with van der Waals surface area (Å²) in [5, 5.41) is 12.1. The highest BCUT2D eigenvalue weighted by molar-refractivity contribution is 5.91. The molecule has 1 aromatic carbocycles. The largest absolute Gasteiger partial charge is 0.392 e. The molecular weight excluding hydrogens is 246 g/mol. The summed E-state index contributed by atoms with van der Waals surface area (Å²) in [4.78, 5) is 23.2. The molecule has 102 valence electrons. The number of hydrogen-bond acceptors (Lipinski definition) is 3. The highest BCUT2D eigenvalue weighted by atomic mass is 16.3. The van der Waals surface area contributed by atoms with E-state index in [2.05, 4.69) is 16.2 Å². The molecule has 2 atom stereocenters. The van der Waals surface area contributed by atoms with Gasteiger partial charge < -0.3 is 10.4 Å². The summed E-state index contributed by atoms with van der Waals surface area (Å²) in [5.41, 5.74) is 5.22. The summed E-state index contributed by atoms with van der Waals surface area (Å²) < 4.78 is 0. The first-order valence-corrected chi connectivity index (χ1v) is 6.27. The van der Waals surface area contributed by atoms with Crippen LogP contribution in [0.4, 0.5) is 10.5 Å². The number of nitrogens with one attached hydrogen (secondary N) is 3. The first-order valence-electron chi connectivity index (χ1n) is 6.27. The van der Waals surface area contributed by atoms with E-state index in [-0.39, 0.29) is 5.91 Å². The second kappa shape index (κ2) is 6.19. The first-order chi connectivity index (χ1) is 9.16. The molecule has 0 aromatic heterocycles. The molecule has 1 aliphatic rings. The Labute approximate surface area is 111 Å². The number of para-hydroxylation sites is 1. The smallest absolute Gasteiger partial charge is 0.337 e. The molecule has 19 heavy (non-hydrogen) atoms. The number of benzene rings is 1. The van der Waals surface area contributed by atoms with E-state index in [4.69, 9.17) is 0 Å². The number of anilines is 1. The van der Waals surface area contributed by atoms with E-state index in [1.54, 1.807) is 24.3 Å². The number of carbonyl (C=O) groups excluding carboxylic acids is 2. The van der Waals surface area contributed by atoms with Crippen molar-refractivity contribution < 1.29 is 14.7 Å². The monoisotopic (exact) mass is 263 g/mol. The fraction of sp³-hybridized carbons (Fsp3) is 0.385. The number of urea groups is 1. The zero-order chi connectivity index (χ0) is 13.7. The molecule has 6 heteroatoms. The zero-order valence-corrected chi connectivity index (χ0v) is 10.4. The minimum atomic E-state index is -0.612. The van der Waals surface area contributed by atoms with Gasteiger partial charge in [0.05, 0.1) is 12.0 Å². The Kier molecular flexibility index (Phi) is 4.35. The lowest BCUT2D eigenvalue weighted by Crippen LogP contribution is -2.47. The van der Waals surface area contributed by atoms with Gasteiger partial charge in [-0.1, -0.05) is 18.2 Å². The van der Waals surface area contributed by atoms with Gasteiger partial charge in [0.2, 0.25) is 5.91 Å². The van der Waals surface area contributed by atoms with Crippen molar-refractivity contribution in [3.63, 3.8) is 0 Å². The molecule has 4 N–H and O–H groups in total. The summed E-state index contributed by atoms with van der Waals surface area (Å²) in [6.45, 7) is 0. The molecule has 1 saturated carbocycles. The third kappa shape index (κ3) is 3.69. The Hall–Kier alpha value is -2.08. The van der Waals surface area contributed by atoms with Gasteiger partial charge in [-0.3, -0.25) is 10.2 Å². The molecule has 0 aliphatic heterocycles. The van der Waals surface area contributed by atoms with Crippen molar-refractivity contribution in [2.24, 2.45) is 5.92 Å². The number of hydrazine groups is 1. The highest BCUT2D eigenvalue weighted by Crippen LogP contribution is 2.25. The number of carbonyl (C=O) groups is 2. The van der Waals surface area contributed by atoms with Crippen LogP contribution in [0.3, 0.4) is 0 Å². The standard InChI is InChI=1S/C13H17N3O3/c17-11-8-4-7-10(11)12(18)15-16-13(19)14-9-5-2-1-3-6-9/h1-3,5-6,10-11,17H,4,7-8H2,(H,15,18)(H2,14,16,19). The topological polar surface area (TPSA) is 90.5 Å². The fourth-order valence-corrected chi connectivity index (χ4v) is 2.14. The molecular formula is C13H17N3O3. The minimum absolute atomic E-state index is 0.354. The van der Waals surface area contributed by atoms with Crippen molar-refractivity contribution in [3.8, 4) is 0 Å². The van der Waals surface area contributed by atoms with Crippen LogP contribution in [-0.4, -0.2) is 23.1 Å². The van der Waals surface area contributed by atoms with Crippen molar-refractivity contribution in [1.82, 2.24) is 10.9 Å². The molecule has 0 saturated heterocycles. The predicted molar refractivity (Wildman–Crippen MR) is 70.1 cm³/mol. The average Bonchev–Trinajstić information content (AvgIpc) is 2.83. The number of aliphatic hydroxyl groups is 1. The summed E-state index contributed by atoms with van der Waals surface area (Å²) >= 11 is 0. The molecule has 1 aromatic rings. The highest BCUT2D eigenvalue weighted by Gasteiger charge is 2.31. The molecule has 2 unspecified atom stereocenters. The van der Waals surface area contributed by atoms with E-state index in [0.717, 1.165) is 6.42 Å². The molecule has 6 nitrogen and oxygen atoms in total. The van der Waals surface area contributed by atoms with Gasteiger partial charge in [0, 0.05) is 5.69 Å². The molecule has 0 radical (unpaired) electrons. The van der Waals surface area contributed by atoms with E-state index in [9.17, 15) is 14.7 Å². The number of rotatable bonds is 2. The normalized spacial score (nSPS) is 21.7. The molecule has 1 aliphatic carbocycles. The van der Waals surface area contributed by atoms with Crippen LogP contribution in [0.2, 0.25) is 0 Å². The average molecular weight is 263 g/mol. The molecule has 0 bridgehead atoms. The van der Waals surface area contributed by atoms with Crippen LogP contribution in [-0.2, 0) is 4.79 Å². The van der Waals surface area contributed by atoms with E-state index in [0.29, 0.717) is 18.5 Å².